The first-order valence-electron chi connectivity index (χ1n) is 9.04. The summed E-state index contributed by atoms with van der Waals surface area (Å²) in [6.45, 7) is 6.36. The van der Waals surface area contributed by atoms with Gasteiger partial charge in [0.25, 0.3) is 0 Å². The molecule has 1 atom stereocenters. The summed E-state index contributed by atoms with van der Waals surface area (Å²) in [6.07, 6.45) is 1.53. The summed E-state index contributed by atoms with van der Waals surface area (Å²) in [7, 11) is 0. The summed E-state index contributed by atoms with van der Waals surface area (Å²) in [5.74, 6) is -0.150. The monoisotopic (exact) mass is 342 g/mol. The smallest absolute Gasteiger partial charge is 0.126 e. The number of aryl methyl sites for hydroxylation is 1. The number of aliphatic hydroxyl groups excluding tert-OH is 1. The van der Waals surface area contributed by atoms with Gasteiger partial charge in [-0.2, -0.15) is 0 Å². The fourth-order valence-electron chi connectivity index (χ4n) is 3.23. The standard InChI is InChI=1S/C21H27FN2O/c1-15-3-4-17(13-21(15)22)14-23-16(2)18-5-7-19(8-6-18)24-11-9-20(25)10-12-24/h3-8,13,16,20,23,25H,9-12,14H2,1-2H3. The number of aliphatic hydroxyl groups is 1. The third-order valence-corrected chi connectivity index (χ3v) is 5.07. The van der Waals surface area contributed by atoms with Crippen LogP contribution in [0.4, 0.5) is 10.1 Å². The van der Waals surface area contributed by atoms with E-state index in [0.717, 1.165) is 31.5 Å². The maximum Gasteiger partial charge on any atom is 0.126 e. The highest BCUT2D eigenvalue weighted by Crippen LogP contribution is 2.23. The van der Waals surface area contributed by atoms with Crippen LogP contribution in [0, 0.1) is 12.7 Å². The second kappa shape index (κ2) is 7.98. The van der Waals surface area contributed by atoms with Crippen molar-refractivity contribution in [3.63, 3.8) is 0 Å². The molecular weight excluding hydrogens is 315 g/mol. The van der Waals surface area contributed by atoms with Gasteiger partial charge in [0.1, 0.15) is 5.82 Å². The molecule has 1 heterocycles. The van der Waals surface area contributed by atoms with Crippen LogP contribution in [0.1, 0.15) is 42.5 Å². The fourth-order valence-corrected chi connectivity index (χ4v) is 3.23. The maximum absolute atomic E-state index is 13.6. The Balaban J connectivity index is 1.57. The molecule has 134 valence electrons. The minimum absolute atomic E-state index is 0.147. The van der Waals surface area contributed by atoms with Crippen molar-refractivity contribution in [2.75, 3.05) is 18.0 Å². The Morgan fingerprint density at radius 1 is 1.16 bits per heavy atom. The summed E-state index contributed by atoms with van der Waals surface area (Å²) < 4.78 is 13.6. The van der Waals surface area contributed by atoms with Gasteiger partial charge < -0.3 is 15.3 Å². The predicted octanol–water partition coefficient (Wildman–Crippen LogP) is 3.95. The summed E-state index contributed by atoms with van der Waals surface area (Å²) in [6, 6.07) is 14.2. The molecule has 0 spiro atoms. The van der Waals surface area contributed by atoms with Crippen molar-refractivity contribution in [1.29, 1.82) is 0 Å². The molecule has 0 saturated carbocycles. The van der Waals surface area contributed by atoms with Gasteiger partial charge in [-0.3, -0.25) is 0 Å². The van der Waals surface area contributed by atoms with E-state index in [0.29, 0.717) is 12.1 Å². The highest BCUT2D eigenvalue weighted by molar-refractivity contribution is 5.48. The van der Waals surface area contributed by atoms with Gasteiger partial charge in [0, 0.05) is 31.4 Å². The molecule has 4 heteroatoms. The lowest BCUT2D eigenvalue weighted by molar-refractivity contribution is 0.145. The molecule has 0 bridgehead atoms. The van der Waals surface area contributed by atoms with Crippen LogP contribution in [0.3, 0.4) is 0 Å². The zero-order valence-electron chi connectivity index (χ0n) is 15.0. The molecule has 2 aromatic rings. The molecule has 1 aliphatic rings. The van der Waals surface area contributed by atoms with E-state index in [1.165, 1.54) is 11.3 Å². The molecule has 0 amide bonds. The molecule has 1 aliphatic heterocycles. The summed E-state index contributed by atoms with van der Waals surface area (Å²) in [4.78, 5) is 2.32. The van der Waals surface area contributed by atoms with E-state index in [-0.39, 0.29) is 18.0 Å². The van der Waals surface area contributed by atoms with Crippen LogP contribution in [-0.4, -0.2) is 24.3 Å². The van der Waals surface area contributed by atoms with E-state index in [4.69, 9.17) is 0 Å². The first-order valence-corrected chi connectivity index (χ1v) is 9.04. The molecule has 3 nitrogen and oxygen atoms in total. The number of benzene rings is 2. The van der Waals surface area contributed by atoms with Crippen molar-refractivity contribution in [2.45, 2.75) is 45.4 Å². The Morgan fingerprint density at radius 2 is 1.84 bits per heavy atom. The van der Waals surface area contributed by atoms with Crippen LogP contribution in [0.2, 0.25) is 0 Å². The number of nitrogens with zero attached hydrogens (tertiary/aromatic N) is 1. The van der Waals surface area contributed by atoms with Crippen molar-refractivity contribution < 1.29 is 9.50 Å². The number of anilines is 1. The number of nitrogens with one attached hydrogen (secondary N) is 1. The number of piperidine rings is 1. The van der Waals surface area contributed by atoms with Crippen molar-refractivity contribution in [3.05, 3.63) is 65.0 Å². The molecule has 0 aliphatic carbocycles. The number of hydrogen-bond acceptors (Lipinski definition) is 3. The normalized spacial score (nSPS) is 16.9. The van der Waals surface area contributed by atoms with E-state index >= 15 is 0 Å². The van der Waals surface area contributed by atoms with Gasteiger partial charge in [-0.15, -0.1) is 0 Å². The second-order valence-corrected chi connectivity index (χ2v) is 7.00. The lowest BCUT2D eigenvalue weighted by atomic mass is 10.0. The lowest BCUT2D eigenvalue weighted by Crippen LogP contribution is -2.35. The molecule has 0 radical (unpaired) electrons. The molecule has 3 rings (SSSR count). The summed E-state index contributed by atoms with van der Waals surface area (Å²) in [5, 5.41) is 13.1. The highest BCUT2D eigenvalue weighted by Gasteiger charge is 2.17. The fraction of sp³-hybridized carbons (Fsp3) is 0.429. The van der Waals surface area contributed by atoms with E-state index in [9.17, 15) is 9.50 Å². The number of hydrogen-bond donors (Lipinski definition) is 2. The van der Waals surface area contributed by atoms with E-state index in [1.54, 1.807) is 13.0 Å². The van der Waals surface area contributed by atoms with Gasteiger partial charge >= 0.3 is 0 Å². The van der Waals surface area contributed by atoms with Gasteiger partial charge in [-0.25, -0.2) is 4.39 Å². The average molecular weight is 342 g/mol. The number of halogens is 1. The van der Waals surface area contributed by atoms with Crippen LogP contribution in [0.5, 0.6) is 0 Å². The minimum Gasteiger partial charge on any atom is -0.393 e. The molecule has 2 aromatic carbocycles. The molecule has 1 unspecified atom stereocenters. The lowest BCUT2D eigenvalue weighted by Gasteiger charge is -2.31. The molecular formula is C21H27FN2O. The average Bonchev–Trinajstić information content (AvgIpc) is 2.63. The van der Waals surface area contributed by atoms with E-state index in [1.807, 2.05) is 12.1 Å². The van der Waals surface area contributed by atoms with E-state index < -0.39 is 0 Å². The van der Waals surface area contributed by atoms with Gasteiger partial charge in [0.2, 0.25) is 0 Å². The predicted molar refractivity (Wildman–Crippen MR) is 100 cm³/mol. The van der Waals surface area contributed by atoms with Crippen LogP contribution < -0.4 is 10.2 Å². The zero-order chi connectivity index (χ0) is 17.8. The first-order chi connectivity index (χ1) is 12.0. The third-order valence-electron chi connectivity index (χ3n) is 5.07. The van der Waals surface area contributed by atoms with Crippen LogP contribution in [0.25, 0.3) is 0 Å². The van der Waals surface area contributed by atoms with Gasteiger partial charge in [-0.1, -0.05) is 24.3 Å². The first kappa shape index (κ1) is 17.9. The Bertz CT molecular complexity index is 694. The molecule has 0 aromatic heterocycles. The van der Waals surface area contributed by atoms with Gasteiger partial charge in [-0.05, 0) is 61.6 Å². The third kappa shape index (κ3) is 4.59. The zero-order valence-corrected chi connectivity index (χ0v) is 15.0. The summed E-state index contributed by atoms with van der Waals surface area (Å²) in [5.41, 5.74) is 4.06. The Hall–Kier alpha value is -1.91. The van der Waals surface area contributed by atoms with Crippen LogP contribution in [-0.2, 0) is 6.54 Å². The van der Waals surface area contributed by atoms with Crippen LogP contribution >= 0.6 is 0 Å². The topological polar surface area (TPSA) is 35.5 Å². The Kier molecular flexibility index (Phi) is 5.71. The maximum atomic E-state index is 13.6. The van der Waals surface area contributed by atoms with Gasteiger partial charge in [0.05, 0.1) is 6.10 Å². The number of rotatable bonds is 5. The van der Waals surface area contributed by atoms with Crippen molar-refractivity contribution in [2.24, 2.45) is 0 Å². The SMILES string of the molecule is Cc1ccc(CNC(C)c2ccc(N3CCC(O)CC3)cc2)cc1F. The molecule has 25 heavy (non-hydrogen) atoms. The highest BCUT2D eigenvalue weighted by atomic mass is 19.1. The van der Waals surface area contributed by atoms with Crippen molar-refractivity contribution >= 4 is 5.69 Å². The molecule has 1 saturated heterocycles. The van der Waals surface area contributed by atoms with Crippen LogP contribution in [0.15, 0.2) is 42.5 Å². The quantitative estimate of drug-likeness (QED) is 0.864. The molecule has 1 fully saturated rings. The summed E-state index contributed by atoms with van der Waals surface area (Å²) >= 11 is 0. The minimum atomic E-state index is -0.150. The van der Waals surface area contributed by atoms with Crippen molar-refractivity contribution in [3.8, 4) is 0 Å². The largest absolute Gasteiger partial charge is 0.393 e. The molecule has 2 N–H and O–H groups in total. The van der Waals surface area contributed by atoms with E-state index in [2.05, 4.69) is 41.4 Å². The van der Waals surface area contributed by atoms with Gasteiger partial charge in [0.15, 0.2) is 0 Å². The Labute approximate surface area is 149 Å². The van der Waals surface area contributed by atoms with Crippen molar-refractivity contribution in [1.82, 2.24) is 5.32 Å². The Morgan fingerprint density at radius 3 is 2.48 bits per heavy atom. The second-order valence-electron chi connectivity index (χ2n) is 7.00.